The number of aromatic nitrogens is 1. The van der Waals surface area contributed by atoms with Gasteiger partial charge in [0.05, 0.1) is 18.8 Å². The SMILES string of the molecule is CNCCNc1ccc(C(=O)N2CCC(N3CCOCC3)CC2)cn1. The van der Waals surface area contributed by atoms with Gasteiger partial charge in [-0.15, -0.1) is 0 Å². The van der Waals surface area contributed by atoms with E-state index >= 15 is 0 Å². The van der Waals surface area contributed by atoms with E-state index in [9.17, 15) is 4.79 Å². The van der Waals surface area contributed by atoms with E-state index in [-0.39, 0.29) is 5.91 Å². The van der Waals surface area contributed by atoms with Gasteiger partial charge in [0.25, 0.3) is 5.91 Å². The first-order valence-electron chi connectivity index (χ1n) is 9.23. The molecule has 0 saturated carbocycles. The lowest BCUT2D eigenvalue weighted by Gasteiger charge is -2.40. The summed E-state index contributed by atoms with van der Waals surface area (Å²) in [7, 11) is 1.92. The summed E-state index contributed by atoms with van der Waals surface area (Å²) < 4.78 is 5.43. The molecule has 2 aliphatic heterocycles. The fourth-order valence-electron chi connectivity index (χ4n) is 3.50. The van der Waals surface area contributed by atoms with Crippen molar-refractivity contribution in [2.45, 2.75) is 18.9 Å². The highest BCUT2D eigenvalue weighted by atomic mass is 16.5. The van der Waals surface area contributed by atoms with Crippen LogP contribution in [0.1, 0.15) is 23.2 Å². The lowest BCUT2D eigenvalue weighted by Crippen LogP contribution is -2.50. The van der Waals surface area contributed by atoms with Crippen LogP contribution in [0.2, 0.25) is 0 Å². The van der Waals surface area contributed by atoms with Crippen LogP contribution < -0.4 is 10.6 Å². The molecule has 25 heavy (non-hydrogen) atoms. The first-order chi connectivity index (χ1) is 12.3. The predicted molar refractivity (Wildman–Crippen MR) is 98.0 cm³/mol. The molecule has 138 valence electrons. The van der Waals surface area contributed by atoms with Crippen molar-refractivity contribution >= 4 is 11.7 Å². The molecule has 2 N–H and O–H groups in total. The Morgan fingerprint density at radius 1 is 1.20 bits per heavy atom. The van der Waals surface area contributed by atoms with E-state index in [2.05, 4.69) is 20.5 Å². The quantitative estimate of drug-likeness (QED) is 0.737. The standard InChI is InChI=1S/C18H29N5O2/c1-19-6-7-20-17-3-2-15(14-21-17)18(24)23-8-4-16(5-9-23)22-10-12-25-13-11-22/h2-3,14,16,19H,4-13H2,1H3,(H,20,21). The van der Waals surface area contributed by atoms with Crippen LogP contribution in [0, 0.1) is 0 Å². The minimum absolute atomic E-state index is 0.0923. The summed E-state index contributed by atoms with van der Waals surface area (Å²) in [4.78, 5) is 21.5. The van der Waals surface area contributed by atoms with Gasteiger partial charge in [-0.05, 0) is 32.0 Å². The van der Waals surface area contributed by atoms with Crippen LogP contribution in [-0.2, 0) is 4.74 Å². The first kappa shape index (κ1) is 18.1. The van der Waals surface area contributed by atoms with E-state index in [1.54, 1.807) is 6.20 Å². The zero-order chi connectivity index (χ0) is 17.5. The minimum atomic E-state index is 0.0923. The van der Waals surface area contributed by atoms with Crippen LogP contribution in [0.25, 0.3) is 0 Å². The van der Waals surface area contributed by atoms with Crippen LogP contribution in [0.3, 0.4) is 0 Å². The second kappa shape index (κ2) is 9.12. The molecule has 3 rings (SSSR count). The second-order valence-electron chi connectivity index (χ2n) is 6.63. The molecule has 2 aliphatic rings. The third kappa shape index (κ3) is 4.90. The fourth-order valence-corrected chi connectivity index (χ4v) is 3.50. The van der Waals surface area contributed by atoms with Crippen molar-refractivity contribution < 1.29 is 9.53 Å². The Balaban J connectivity index is 1.48. The Bertz CT molecular complexity index is 537. The second-order valence-corrected chi connectivity index (χ2v) is 6.63. The van der Waals surface area contributed by atoms with Gasteiger partial charge in [0, 0.05) is 51.5 Å². The largest absolute Gasteiger partial charge is 0.379 e. The number of likely N-dealkylation sites (tertiary alicyclic amines) is 1. The Labute approximate surface area is 149 Å². The Kier molecular flexibility index (Phi) is 6.61. The predicted octanol–water partition coefficient (Wildman–Crippen LogP) is 0.650. The van der Waals surface area contributed by atoms with E-state index in [1.807, 2.05) is 24.1 Å². The molecule has 1 aromatic heterocycles. The van der Waals surface area contributed by atoms with Crippen molar-refractivity contribution in [1.82, 2.24) is 20.1 Å². The summed E-state index contributed by atoms with van der Waals surface area (Å²) in [6, 6.07) is 4.33. The number of nitrogens with one attached hydrogen (secondary N) is 2. The molecule has 2 fully saturated rings. The summed E-state index contributed by atoms with van der Waals surface area (Å²) in [6.07, 6.45) is 3.77. The summed E-state index contributed by atoms with van der Waals surface area (Å²) in [5.41, 5.74) is 0.670. The number of amides is 1. The average Bonchev–Trinajstić information content (AvgIpc) is 2.69. The molecule has 2 saturated heterocycles. The zero-order valence-corrected chi connectivity index (χ0v) is 15.0. The maximum atomic E-state index is 12.7. The van der Waals surface area contributed by atoms with Crippen LogP contribution in [0.15, 0.2) is 18.3 Å². The molecule has 7 heteroatoms. The van der Waals surface area contributed by atoms with Crippen molar-refractivity contribution in [1.29, 1.82) is 0 Å². The summed E-state index contributed by atoms with van der Waals surface area (Å²) in [5, 5.41) is 6.30. The van der Waals surface area contributed by atoms with Crippen LogP contribution in [0.4, 0.5) is 5.82 Å². The Hall–Kier alpha value is -1.70. The molecule has 0 atom stereocenters. The van der Waals surface area contributed by atoms with E-state index in [0.29, 0.717) is 11.6 Å². The third-order valence-corrected chi connectivity index (χ3v) is 5.01. The molecular weight excluding hydrogens is 318 g/mol. The molecule has 0 radical (unpaired) electrons. The molecule has 0 aromatic carbocycles. The van der Waals surface area contributed by atoms with Crippen LogP contribution in [0.5, 0.6) is 0 Å². The number of nitrogens with zero attached hydrogens (tertiary/aromatic N) is 3. The first-order valence-corrected chi connectivity index (χ1v) is 9.23. The molecule has 3 heterocycles. The van der Waals surface area contributed by atoms with Gasteiger partial charge in [-0.2, -0.15) is 0 Å². The van der Waals surface area contributed by atoms with E-state index in [1.165, 1.54) is 0 Å². The minimum Gasteiger partial charge on any atom is -0.379 e. The summed E-state index contributed by atoms with van der Waals surface area (Å²) >= 11 is 0. The number of anilines is 1. The highest BCUT2D eigenvalue weighted by molar-refractivity contribution is 5.94. The number of pyridine rings is 1. The molecule has 0 unspecified atom stereocenters. The number of likely N-dealkylation sites (N-methyl/N-ethyl adjacent to an activating group) is 1. The average molecular weight is 347 g/mol. The number of carbonyl (C=O) groups is 1. The van der Waals surface area contributed by atoms with Crippen molar-refractivity contribution in [2.75, 3.05) is 64.8 Å². The smallest absolute Gasteiger partial charge is 0.255 e. The summed E-state index contributed by atoms with van der Waals surface area (Å²) in [5.74, 6) is 0.896. The van der Waals surface area contributed by atoms with Gasteiger partial charge in [-0.3, -0.25) is 9.69 Å². The van der Waals surface area contributed by atoms with Gasteiger partial charge in [-0.25, -0.2) is 4.98 Å². The number of piperidine rings is 1. The number of morpholine rings is 1. The Morgan fingerprint density at radius 3 is 2.60 bits per heavy atom. The molecule has 0 spiro atoms. The normalized spacial score (nSPS) is 19.8. The van der Waals surface area contributed by atoms with Crippen molar-refractivity contribution in [3.63, 3.8) is 0 Å². The fraction of sp³-hybridized carbons (Fsp3) is 0.667. The van der Waals surface area contributed by atoms with E-state index in [4.69, 9.17) is 4.74 Å². The maximum Gasteiger partial charge on any atom is 0.255 e. The topological polar surface area (TPSA) is 69.7 Å². The van der Waals surface area contributed by atoms with Gasteiger partial charge in [0.15, 0.2) is 0 Å². The number of hydrogen-bond acceptors (Lipinski definition) is 6. The monoisotopic (exact) mass is 347 g/mol. The van der Waals surface area contributed by atoms with Crippen molar-refractivity contribution in [3.8, 4) is 0 Å². The van der Waals surface area contributed by atoms with Gasteiger partial charge in [0.2, 0.25) is 0 Å². The number of carbonyl (C=O) groups excluding carboxylic acids is 1. The number of ether oxygens (including phenoxy) is 1. The number of rotatable bonds is 6. The Morgan fingerprint density at radius 2 is 1.96 bits per heavy atom. The van der Waals surface area contributed by atoms with E-state index < -0.39 is 0 Å². The van der Waals surface area contributed by atoms with E-state index in [0.717, 1.165) is 71.1 Å². The van der Waals surface area contributed by atoms with Crippen molar-refractivity contribution in [2.24, 2.45) is 0 Å². The highest BCUT2D eigenvalue weighted by Crippen LogP contribution is 2.19. The zero-order valence-electron chi connectivity index (χ0n) is 15.0. The lowest BCUT2D eigenvalue weighted by atomic mass is 10.0. The molecule has 7 nitrogen and oxygen atoms in total. The maximum absolute atomic E-state index is 12.7. The summed E-state index contributed by atoms with van der Waals surface area (Å²) in [6.45, 7) is 7.03. The molecule has 1 aromatic rings. The molecule has 1 amide bonds. The van der Waals surface area contributed by atoms with Gasteiger partial charge in [0.1, 0.15) is 5.82 Å². The molecule has 0 aliphatic carbocycles. The van der Waals surface area contributed by atoms with Gasteiger partial charge < -0.3 is 20.3 Å². The van der Waals surface area contributed by atoms with Gasteiger partial charge >= 0.3 is 0 Å². The van der Waals surface area contributed by atoms with Crippen LogP contribution in [-0.4, -0.2) is 86.3 Å². The molecular formula is C18H29N5O2. The van der Waals surface area contributed by atoms with Crippen LogP contribution >= 0.6 is 0 Å². The van der Waals surface area contributed by atoms with Crippen molar-refractivity contribution in [3.05, 3.63) is 23.9 Å². The highest BCUT2D eigenvalue weighted by Gasteiger charge is 2.28. The lowest BCUT2D eigenvalue weighted by molar-refractivity contribution is 0.00158. The molecule has 0 bridgehead atoms. The number of hydrogen-bond donors (Lipinski definition) is 2. The van der Waals surface area contributed by atoms with Gasteiger partial charge in [-0.1, -0.05) is 0 Å². The third-order valence-electron chi connectivity index (χ3n) is 5.01.